The molecule has 1 atom stereocenters. The van der Waals surface area contributed by atoms with Gasteiger partial charge < -0.3 is 29.6 Å². The molecular formula is C25H30N2O8. The number of esters is 3. The molecule has 0 aliphatic rings. The van der Waals surface area contributed by atoms with Gasteiger partial charge in [0.15, 0.2) is 6.61 Å². The van der Waals surface area contributed by atoms with Gasteiger partial charge in [-0.3, -0.25) is 9.59 Å². The largest absolute Gasteiger partial charge is 0.482 e. The second-order valence-electron chi connectivity index (χ2n) is 7.34. The van der Waals surface area contributed by atoms with E-state index in [1.165, 1.54) is 14.2 Å². The highest BCUT2D eigenvalue weighted by molar-refractivity contribution is 5.97. The number of benzene rings is 2. The second kappa shape index (κ2) is 14.2. The highest BCUT2D eigenvalue weighted by atomic mass is 16.6. The minimum Gasteiger partial charge on any atom is -0.482 e. The van der Waals surface area contributed by atoms with Crippen LogP contribution in [0.2, 0.25) is 0 Å². The van der Waals surface area contributed by atoms with E-state index in [1.54, 1.807) is 49.4 Å². The normalized spacial score (nSPS) is 11.1. The number of carbonyl (C=O) groups excluding carboxylic acids is 4. The number of rotatable bonds is 13. The molecule has 0 heterocycles. The SMILES string of the molecule is CCOC(=O)COc1ccc(NCc2cccc(C(=O)N[C@H](CCC(=O)OC)C(=O)OC)c2)cc1. The molecule has 2 aromatic rings. The van der Waals surface area contributed by atoms with Crippen LogP contribution in [-0.4, -0.2) is 57.3 Å². The zero-order valence-electron chi connectivity index (χ0n) is 20.0. The van der Waals surface area contributed by atoms with E-state index >= 15 is 0 Å². The summed E-state index contributed by atoms with van der Waals surface area (Å²) in [6.45, 7) is 2.31. The zero-order chi connectivity index (χ0) is 25.6. The summed E-state index contributed by atoms with van der Waals surface area (Å²) in [6, 6.07) is 13.0. The minimum absolute atomic E-state index is 0.0346. The zero-order valence-corrected chi connectivity index (χ0v) is 20.0. The van der Waals surface area contributed by atoms with Crippen molar-refractivity contribution in [1.29, 1.82) is 0 Å². The molecule has 10 nitrogen and oxygen atoms in total. The van der Waals surface area contributed by atoms with Crippen LogP contribution in [-0.2, 0) is 35.1 Å². The first-order valence-corrected chi connectivity index (χ1v) is 11.0. The smallest absolute Gasteiger partial charge is 0.344 e. The average Bonchev–Trinajstić information content (AvgIpc) is 2.88. The van der Waals surface area contributed by atoms with Crippen LogP contribution in [0.25, 0.3) is 0 Å². The van der Waals surface area contributed by atoms with Gasteiger partial charge in [0.05, 0.1) is 20.8 Å². The van der Waals surface area contributed by atoms with Crippen molar-refractivity contribution in [2.45, 2.75) is 32.4 Å². The van der Waals surface area contributed by atoms with Gasteiger partial charge in [-0.2, -0.15) is 0 Å². The molecule has 188 valence electrons. The van der Waals surface area contributed by atoms with Crippen LogP contribution in [0.1, 0.15) is 35.7 Å². The lowest BCUT2D eigenvalue weighted by molar-refractivity contribution is -0.146. The van der Waals surface area contributed by atoms with Crippen LogP contribution in [0, 0.1) is 0 Å². The summed E-state index contributed by atoms with van der Waals surface area (Å²) in [5, 5.41) is 5.85. The van der Waals surface area contributed by atoms with Crippen LogP contribution in [0.15, 0.2) is 48.5 Å². The van der Waals surface area contributed by atoms with Gasteiger partial charge in [0, 0.05) is 24.2 Å². The van der Waals surface area contributed by atoms with Crippen LogP contribution in [0.3, 0.4) is 0 Å². The second-order valence-corrected chi connectivity index (χ2v) is 7.34. The first-order valence-electron chi connectivity index (χ1n) is 11.0. The van der Waals surface area contributed by atoms with Crippen molar-refractivity contribution in [3.8, 4) is 5.75 Å². The van der Waals surface area contributed by atoms with Crippen LogP contribution >= 0.6 is 0 Å². The van der Waals surface area contributed by atoms with E-state index in [-0.39, 0.29) is 19.4 Å². The van der Waals surface area contributed by atoms with E-state index in [0.29, 0.717) is 24.5 Å². The molecule has 0 bridgehead atoms. The van der Waals surface area contributed by atoms with Gasteiger partial charge in [0.2, 0.25) is 0 Å². The molecule has 10 heteroatoms. The van der Waals surface area contributed by atoms with Crippen molar-refractivity contribution in [3.63, 3.8) is 0 Å². The molecule has 0 aliphatic carbocycles. The maximum atomic E-state index is 12.7. The maximum Gasteiger partial charge on any atom is 0.344 e. The first-order chi connectivity index (χ1) is 16.9. The number of carbonyl (C=O) groups is 4. The molecule has 0 aliphatic heterocycles. The number of hydrogen-bond donors (Lipinski definition) is 2. The fourth-order valence-electron chi connectivity index (χ4n) is 3.04. The molecule has 2 aromatic carbocycles. The van der Waals surface area contributed by atoms with Gasteiger partial charge in [-0.05, 0) is 55.3 Å². The fourth-order valence-corrected chi connectivity index (χ4v) is 3.04. The Morgan fingerprint density at radius 1 is 0.943 bits per heavy atom. The van der Waals surface area contributed by atoms with Gasteiger partial charge in [-0.1, -0.05) is 12.1 Å². The van der Waals surface area contributed by atoms with E-state index in [9.17, 15) is 19.2 Å². The number of amides is 1. The highest BCUT2D eigenvalue weighted by Gasteiger charge is 2.23. The summed E-state index contributed by atoms with van der Waals surface area (Å²) in [7, 11) is 2.47. The van der Waals surface area contributed by atoms with E-state index < -0.39 is 29.9 Å². The third-order valence-electron chi connectivity index (χ3n) is 4.86. The van der Waals surface area contributed by atoms with Crippen LogP contribution in [0.5, 0.6) is 5.75 Å². The maximum absolute atomic E-state index is 12.7. The predicted octanol–water partition coefficient (Wildman–Crippen LogP) is 2.47. The lowest BCUT2D eigenvalue weighted by Gasteiger charge is -2.16. The summed E-state index contributed by atoms with van der Waals surface area (Å²) < 4.78 is 19.5. The molecule has 0 unspecified atom stereocenters. The molecule has 0 radical (unpaired) electrons. The van der Waals surface area contributed by atoms with Crippen molar-refractivity contribution in [2.75, 3.05) is 32.8 Å². The number of hydrogen-bond acceptors (Lipinski definition) is 9. The Morgan fingerprint density at radius 3 is 2.34 bits per heavy atom. The monoisotopic (exact) mass is 486 g/mol. The number of nitrogens with one attached hydrogen (secondary N) is 2. The molecule has 0 aromatic heterocycles. The summed E-state index contributed by atoms with van der Waals surface area (Å²) in [4.78, 5) is 47.5. The summed E-state index contributed by atoms with van der Waals surface area (Å²) in [6.07, 6.45) is 0.0268. The van der Waals surface area contributed by atoms with Crippen LogP contribution in [0.4, 0.5) is 5.69 Å². The lowest BCUT2D eigenvalue weighted by atomic mass is 10.1. The average molecular weight is 487 g/mol. The number of anilines is 1. The van der Waals surface area contributed by atoms with Crippen LogP contribution < -0.4 is 15.4 Å². The highest BCUT2D eigenvalue weighted by Crippen LogP contribution is 2.17. The van der Waals surface area contributed by atoms with Gasteiger partial charge in [0.25, 0.3) is 5.91 Å². The molecule has 2 rings (SSSR count). The van der Waals surface area contributed by atoms with Crippen molar-refractivity contribution in [3.05, 3.63) is 59.7 Å². The Kier molecular flexibility index (Phi) is 11.1. The van der Waals surface area contributed by atoms with Gasteiger partial charge in [-0.25, -0.2) is 9.59 Å². The molecule has 1 amide bonds. The van der Waals surface area contributed by atoms with Crippen molar-refractivity contribution < 1.29 is 38.1 Å². The van der Waals surface area contributed by atoms with Crippen molar-refractivity contribution in [2.24, 2.45) is 0 Å². The standard InChI is InChI=1S/C25H30N2O8/c1-4-34-23(29)16-35-20-10-8-19(9-11-20)26-15-17-6-5-7-18(14-17)24(30)27-21(25(31)33-3)12-13-22(28)32-2/h5-11,14,21,26H,4,12-13,15-16H2,1-3H3,(H,27,30)/t21-/m1/s1. The Hall–Kier alpha value is -4.08. The number of ether oxygens (including phenoxy) is 4. The van der Waals surface area contributed by atoms with E-state index in [1.807, 2.05) is 6.07 Å². The molecule has 0 spiro atoms. The van der Waals surface area contributed by atoms with Gasteiger partial charge in [-0.15, -0.1) is 0 Å². The molecule has 0 saturated heterocycles. The Labute approximate surface area is 203 Å². The predicted molar refractivity (Wildman–Crippen MR) is 127 cm³/mol. The number of methoxy groups -OCH3 is 2. The van der Waals surface area contributed by atoms with E-state index in [0.717, 1.165) is 11.3 Å². The first kappa shape index (κ1) is 27.2. The van der Waals surface area contributed by atoms with Gasteiger partial charge in [0.1, 0.15) is 11.8 Å². The van der Waals surface area contributed by atoms with E-state index in [2.05, 4.69) is 15.4 Å². The quantitative estimate of drug-likeness (QED) is 0.324. The molecular weight excluding hydrogens is 456 g/mol. The molecule has 35 heavy (non-hydrogen) atoms. The Bertz CT molecular complexity index is 1010. The van der Waals surface area contributed by atoms with Crippen molar-refractivity contribution in [1.82, 2.24) is 5.32 Å². The lowest BCUT2D eigenvalue weighted by Crippen LogP contribution is -2.41. The third kappa shape index (κ3) is 9.36. The Balaban J connectivity index is 1.93. The summed E-state index contributed by atoms with van der Waals surface area (Å²) in [5.41, 5.74) is 2.01. The molecule has 2 N–H and O–H groups in total. The Morgan fingerprint density at radius 2 is 1.69 bits per heavy atom. The van der Waals surface area contributed by atoms with Crippen molar-refractivity contribution >= 4 is 29.5 Å². The van der Waals surface area contributed by atoms with E-state index in [4.69, 9.17) is 14.2 Å². The minimum atomic E-state index is -0.974. The third-order valence-corrected chi connectivity index (χ3v) is 4.86. The molecule has 0 saturated carbocycles. The molecule has 0 fully saturated rings. The fraction of sp³-hybridized carbons (Fsp3) is 0.360. The van der Waals surface area contributed by atoms with Gasteiger partial charge >= 0.3 is 17.9 Å². The summed E-state index contributed by atoms with van der Waals surface area (Å²) in [5.74, 6) is -1.49. The summed E-state index contributed by atoms with van der Waals surface area (Å²) >= 11 is 0. The topological polar surface area (TPSA) is 129 Å².